The summed E-state index contributed by atoms with van der Waals surface area (Å²) < 4.78 is 2.06. The highest BCUT2D eigenvalue weighted by Gasteiger charge is 2.18. The van der Waals surface area contributed by atoms with Crippen molar-refractivity contribution >= 4 is 0 Å². The molecule has 11 heavy (non-hydrogen) atoms. The summed E-state index contributed by atoms with van der Waals surface area (Å²) in [6, 6.07) is 0. The van der Waals surface area contributed by atoms with Crippen LogP contribution in [0.25, 0.3) is 0 Å². The number of aryl methyl sites for hydroxylation is 1. The van der Waals surface area contributed by atoms with Gasteiger partial charge in [0.1, 0.15) is 11.6 Å². The van der Waals surface area contributed by atoms with Crippen LogP contribution >= 0.6 is 0 Å². The minimum Gasteiger partial charge on any atom is -0.393 e. The van der Waals surface area contributed by atoms with Gasteiger partial charge in [-0.1, -0.05) is 0 Å². The van der Waals surface area contributed by atoms with Gasteiger partial charge in [-0.2, -0.15) is 0 Å². The first-order valence-electron chi connectivity index (χ1n) is 3.84. The molecule has 0 spiro atoms. The lowest BCUT2D eigenvalue weighted by Gasteiger charge is -2.18. The Bertz CT molecular complexity index is 269. The van der Waals surface area contributed by atoms with E-state index in [0.717, 1.165) is 24.6 Å². The van der Waals surface area contributed by atoms with Crippen LogP contribution in [0.3, 0.4) is 0 Å². The molecule has 0 bridgehead atoms. The lowest BCUT2D eigenvalue weighted by molar-refractivity contribution is 0.141. The first kappa shape index (κ1) is 6.79. The number of nitrogens with zero attached hydrogens (tertiary/aromatic N) is 3. The van der Waals surface area contributed by atoms with E-state index in [9.17, 15) is 5.11 Å². The zero-order chi connectivity index (χ0) is 7.84. The Balaban J connectivity index is 2.36. The molecule has 4 heteroatoms. The first-order valence-corrected chi connectivity index (χ1v) is 3.84. The van der Waals surface area contributed by atoms with Gasteiger partial charge in [-0.3, -0.25) is 0 Å². The van der Waals surface area contributed by atoms with E-state index < -0.39 is 0 Å². The van der Waals surface area contributed by atoms with Crippen molar-refractivity contribution < 1.29 is 5.11 Å². The van der Waals surface area contributed by atoms with E-state index in [-0.39, 0.29) is 6.10 Å². The normalized spacial score (nSPS) is 23.3. The van der Waals surface area contributed by atoms with Gasteiger partial charge in [-0.05, 0) is 13.3 Å². The third-order valence-electron chi connectivity index (χ3n) is 2.12. The van der Waals surface area contributed by atoms with E-state index in [1.54, 1.807) is 0 Å². The number of aliphatic hydroxyl groups excluding tert-OH is 1. The molecule has 2 rings (SSSR count). The maximum atomic E-state index is 9.28. The molecule has 0 aromatic carbocycles. The van der Waals surface area contributed by atoms with Gasteiger partial charge in [0.25, 0.3) is 0 Å². The van der Waals surface area contributed by atoms with Gasteiger partial charge in [0.15, 0.2) is 0 Å². The van der Waals surface area contributed by atoms with Crippen molar-refractivity contribution in [3.05, 3.63) is 11.6 Å². The maximum absolute atomic E-state index is 9.28. The van der Waals surface area contributed by atoms with Crippen LogP contribution in [0.4, 0.5) is 0 Å². The lowest BCUT2D eigenvalue weighted by Crippen LogP contribution is -2.23. The summed E-state index contributed by atoms with van der Waals surface area (Å²) in [5.74, 6) is 1.87. The zero-order valence-corrected chi connectivity index (χ0v) is 6.49. The molecule has 1 aliphatic heterocycles. The van der Waals surface area contributed by atoms with Gasteiger partial charge in [-0.15, -0.1) is 10.2 Å². The fraction of sp³-hybridized carbons (Fsp3) is 0.714. The van der Waals surface area contributed by atoms with Gasteiger partial charge >= 0.3 is 0 Å². The van der Waals surface area contributed by atoms with Crippen molar-refractivity contribution in [1.29, 1.82) is 0 Å². The topological polar surface area (TPSA) is 50.9 Å². The highest BCUT2D eigenvalue weighted by atomic mass is 16.3. The van der Waals surface area contributed by atoms with Crippen LogP contribution in [0.5, 0.6) is 0 Å². The number of aliphatic hydroxyl groups is 1. The number of hydrogen-bond acceptors (Lipinski definition) is 3. The van der Waals surface area contributed by atoms with E-state index in [1.165, 1.54) is 0 Å². The molecule has 1 aromatic heterocycles. The van der Waals surface area contributed by atoms with E-state index in [1.807, 2.05) is 6.92 Å². The van der Waals surface area contributed by atoms with Gasteiger partial charge in [0, 0.05) is 13.0 Å². The van der Waals surface area contributed by atoms with Crippen LogP contribution in [0.15, 0.2) is 0 Å². The van der Waals surface area contributed by atoms with Crippen molar-refractivity contribution in [3.63, 3.8) is 0 Å². The quantitative estimate of drug-likeness (QED) is 0.566. The Labute approximate surface area is 64.9 Å². The highest BCUT2D eigenvalue weighted by molar-refractivity contribution is 4.98. The fourth-order valence-corrected chi connectivity index (χ4v) is 1.46. The van der Waals surface area contributed by atoms with Crippen molar-refractivity contribution in [1.82, 2.24) is 14.8 Å². The van der Waals surface area contributed by atoms with Crippen LogP contribution in [0, 0.1) is 6.92 Å². The van der Waals surface area contributed by atoms with Crippen LogP contribution in [-0.4, -0.2) is 26.0 Å². The molecule has 0 radical (unpaired) electrons. The molecule has 1 N–H and O–H groups in total. The molecule has 0 aliphatic carbocycles. The molecule has 1 aliphatic rings. The lowest BCUT2D eigenvalue weighted by atomic mass is 10.1. The van der Waals surface area contributed by atoms with Crippen LogP contribution in [0.2, 0.25) is 0 Å². The van der Waals surface area contributed by atoms with E-state index in [4.69, 9.17) is 0 Å². The Kier molecular flexibility index (Phi) is 1.42. The summed E-state index contributed by atoms with van der Waals surface area (Å²) in [7, 11) is 0. The second kappa shape index (κ2) is 2.30. The Morgan fingerprint density at radius 3 is 3.18 bits per heavy atom. The molecule has 2 heterocycles. The third-order valence-corrected chi connectivity index (χ3v) is 2.12. The van der Waals surface area contributed by atoms with Crippen molar-refractivity contribution in [3.8, 4) is 0 Å². The molecule has 60 valence electrons. The Hall–Kier alpha value is -0.900. The first-order chi connectivity index (χ1) is 5.27. The molecule has 1 atom stereocenters. The summed E-state index contributed by atoms with van der Waals surface area (Å²) in [4.78, 5) is 0. The fourth-order valence-electron chi connectivity index (χ4n) is 1.46. The summed E-state index contributed by atoms with van der Waals surface area (Å²) in [6.45, 7) is 2.80. The Morgan fingerprint density at radius 1 is 1.55 bits per heavy atom. The molecule has 0 fully saturated rings. The summed E-state index contributed by atoms with van der Waals surface area (Å²) in [6.07, 6.45) is 1.26. The van der Waals surface area contributed by atoms with Crippen LogP contribution < -0.4 is 0 Å². The monoisotopic (exact) mass is 153 g/mol. The van der Waals surface area contributed by atoms with Crippen molar-refractivity contribution in [2.24, 2.45) is 0 Å². The predicted octanol–water partition coefficient (Wildman–Crippen LogP) is -0.106. The van der Waals surface area contributed by atoms with Gasteiger partial charge in [-0.25, -0.2) is 0 Å². The zero-order valence-electron chi connectivity index (χ0n) is 6.49. The van der Waals surface area contributed by atoms with Crippen molar-refractivity contribution in [2.75, 3.05) is 0 Å². The Morgan fingerprint density at radius 2 is 2.36 bits per heavy atom. The summed E-state index contributed by atoms with van der Waals surface area (Å²) in [5, 5.41) is 17.2. The second-order valence-electron chi connectivity index (χ2n) is 2.96. The molecule has 4 nitrogen and oxygen atoms in total. The average molecular weight is 153 g/mol. The average Bonchev–Trinajstić information content (AvgIpc) is 2.32. The van der Waals surface area contributed by atoms with Crippen LogP contribution in [0.1, 0.15) is 18.1 Å². The smallest absolute Gasteiger partial charge is 0.135 e. The van der Waals surface area contributed by atoms with E-state index in [0.29, 0.717) is 6.42 Å². The molecular weight excluding hydrogens is 142 g/mol. The predicted molar refractivity (Wildman–Crippen MR) is 39.1 cm³/mol. The molecular formula is C7H11N3O. The summed E-state index contributed by atoms with van der Waals surface area (Å²) in [5.41, 5.74) is 0. The van der Waals surface area contributed by atoms with Gasteiger partial charge < -0.3 is 9.67 Å². The van der Waals surface area contributed by atoms with E-state index >= 15 is 0 Å². The van der Waals surface area contributed by atoms with Gasteiger partial charge in [0.2, 0.25) is 0 Å². The maximum Gasteiger partial charge on any atom is 0.135 e. The third kappa shape index (κ3) is 1.03. The molecule has 0 amide bonds. The number of aromatic nitrogens is 3. The minimum absolute atomic E-state index is 0.217. The largest absolute Gasteiger partial charge is 0.393 e. The minimum atomic E-state index is -0.217. The molecule has 0 saturated carbocycles. The summed E-state index contributed by atoms with van der Waals surface area (Å²) >= 11 is 0. The standard InChI is InChI=1S/C7H11N3O/c1-5-8-9-7-4-6(11)2-3-10(5)7/h6,11H,2-4H2,1H3. The molecule has 0 saturated heterocycles. The second-order valence-corrected chi connectivity index (χ2v) is 2.96. The van der Waals surface area contributed by atoms with Gasteiger partial charge in [0.05, 0.1) is 6.10 Å². The number of rotatable bonds is 0. The van der Waals surface area contributed by atoms with Crippen LogP contribution in [-0.2, 0) is 13.0 Å². The SMILES string of the molecule is Cc1nnc2n1CCC(O)C2. The highest BCUT2D eigenvalue weighted by Crippen LogP contribution is 2.13. The van der Waals surface area contributed by atoms with E-state index in [2.05, 4.69) is 14.8 Å². The van der Waals surface area contributed by atoms with Crippen molar-refractivity contribution in [2.45, 2.75) is 32.4 Å². The molecule has 1 aromatic rings. The number of hydrogen-bond donors (Lipinski definition) is 1. The number of fused-ring (bicyclic) bond motifs is 1. The molecule has 1 unspecified atom stereocenters.